The van der Waals surface area contributed by atoms with Crippen molar-refractivity contribution in [2.75, 3.05) is 38.2 Å². The van der Waals surface area contributed by atoms with Crippen LogP contribution in [0.3, 0.4) is 0 Å². The first-order valence-electron chi connectivity index (χ1n) is 9.27. The van der Waals surface area contributed by atoms with Crippen molar-refractivity contribution in [1.82, 2.24) is 24.8 Å². The number of nitrogens with one attached hydrogen (secondary N) is 1. The average molecular weight is 364 g/mol. The lowest BCUT2D eigenvalue weighted by atomic mass is 10.1. The molecular formula is C20H24N6O. The number of morpholine rings is 1. The van der Waals surface area contributed by atoms with Crippen molar-refractivity contribution < 1.29 is 4.74 Å². The summed E-state index contributed by atoms with van der Waals surface area (Å²) >= 11 is 0. The van der Waals surface area contributed by atoms with E-state index in [1.165, 1.54) is 5.56 Å². The predicted molar refractivity (Wildman–Crippen MR) is 105 cm³/mol. The molecule has 0 spiro atoms. The van der Waals surface area contributed by atoms with Gasteiger partial charge in [-0.15, -0.1) is 0 Å². The van der Waals surface area contributed by atoms with Gasteiger partial charge in [-0.05, 0) is 43.2 Å². The zero-order chi connectivity index (χ0) is 18.6. The standard InChI is InChI=1S/C20H24N6O/c1-14-11-15(2)25-20-18(14)19(23-13-24-20)22-12-17(16-3-5-21-6-4-16)26-7-9-27-10-8-26/h3-6,11,13,17H,7-10,12H2,1-2H3,(H,22,23,24,25)/t17-/m0/s1. The highest BCUT2D eigenvalue weighted by atomic mass is 16.5. The fraction of sp³-hybridized carbons (Fsp3) is 0.400. The summed E-state index contributed by atoms with van der Waals surface area (Å²) in [4.78, 5) is 20.0. The second-order valence-corrected chi connectivity index (χ2v) is 6.83. The van der Waals surface area contributed by atoms with E-state index < -0.39 is 0 Å². The summed E-state index contributed by atoms with van der Waals surface area (Å²) in [5.41, 5.74) is 4.07. The molecule has 1 fully saturated rings. The minimum atomic E-state index is 0.223. The van der Waals surface area contributed by atoms with Crippen LogP contribution in [0.2, 0.25) is 0 Å². The molecule has 1 saturated heterocycles. The number of rotatable bonds is 5. The Morgan fingerprint density at radius 2 is 1.93 bits per heavy atom. The molecule has 0 saturated carbocycles. The fourth-order valence-corrected chi connectivity index (χ4v) is 3.67. The molecule has 0 unspecified atom stereocenters. The second kappa shape index (κ2) is 7.94. The van der Waals surface area contributed by atoms with Crippen molar-refractivity contribution in [3.05, 3.63) is 53.7 Å². The number of aryl methyl sites for hydroxylation is 2. The average Bonchev–Trinajstić information content (AvgIpc) is 2.69. The van der Waals surface area contributed by atoms with E-state index in [2.05, 4.69) is 55.3 Å². The van der Waals surface area contributed by atoms with Crippen LogP contribution in [0.25, 0.3) is 11.0 Å². The molecule has 3 aromatic heterocycles. The largest absolute Gasteiger partial charge is 0.379 e. The van der Waals surface area contributed by atoms with Gasteiger partial charge in [-0.25, -0.2) is 15.0 Å². The number of hydrogen-bond acceptors (Lipinski definition) is 7. The maximum absolute atomic E-state index is 5.53. The van der Waals surface area contributed by atoms with Gasteiger partial charge in [0.1, 0.15) is 12.1 Å². The quantitative estimate of drug-likeness (QED) is 0.745. The van der Waals surface area contributed by atoms with Gasteiger partial charge in [-0.2, -0.15) is 0 Å². The van der Waals surface area contributed by atoms with Gasteiger partial charge in [0.25, 0.3) is 0 Å². The summed E-state index contributed by atoms with van der Waals surface area (Å²) in [7, 11) is 0. The number of pyridine rings is 2. The molecule has 1 atom stereocenters. The Morgan fingerprint density at radius 3 is 2.70 bits per heavy atom. The summed E-state index contributed by atoms with van der Waals surface area (Å²) in [6.07, 6.45) is 5.27. The number of anilines is 1. The molecule has 0 aliphatic carbocycles. The van der Waals surface area contributed by atoms with Crippen LogP contribution < -0.4 is 5.32 Å². The number of ether oxygens (including phenoxy) is 1. The third-order valence-corrected chi connectivity index (χ3v) is 4.97. The molecule has 0 amide bonds. The summed E-state index contributed by atoms with van der Waals surface area (Å²) in [6.45, 7) is 8.16. The minimum Gasteiger partial charge on any atom is -0.379 e. The maximum atomic E-state index is 5.53. The van der Waals surface area contributed by atoms with Crippen LogP contribution >= 0.6 is 0 Å². The van der Waals surface area contributed by atoms with Crippen LogP contribution in [0, 0.1) is 13.8 Å². The van der Waals surface area contributed by atoms with E-state index in [1.807, 2.05) is 19.3 Å². The second-order valence-electron chi connectivity index (χ2n) is 6.83. The third kappa shape index (κ3) is 3.89. The SMILES string of the molecule is Cc1cc(C)c2c(NC[C@@H](c3ccncc3)N3CCOCC3)ncnc2n1. The van der Waals surface area contributed by atoms with Gasteiger partial charge in [0.2, 0.25) is 0 Å². The Balaban J connectivity index is 1.62. The monoisotopic (exact) mass is 364 g/mol. The van der Waals surface area contributed by atoms with Crippen LogP contribution in [0.4, 0.5) is 5.82 Å². The van der Waals surface area contributed by atoms with Crippen molar-refractivity contribution in [3.8, 4) is 0 Å². The zero-order valence-corrected chi connectivity index (χ0v) is 15.7. The summed E-state index contributed by atoms with van der Waals surface area (Å²) in [6, 6.07) is 6.45. The van der Waals surface area contributed by atoms with Gasteiger partial charge in [-0.3, -0.25) is 9.88 Å². The fourth-order valence-electron chi connectivity index (χ4n) is 3.67. The number of aromatic nitrogens is 4. The molecule has 0 bridgehead atoms. The van der Waals surface area contributed by atoms with Crippen LogP contribution in [-0.4, -0.2) is 57.7 Å². The molecule has 7 heteroatoms. The summed E-state index contributed by atoms with van der Waals surface area (Å²) in [5.74, 6) is 0.831. The molecule has 1 aliphatic heterocycles. The molecule has 1 aliphatic rings. The molecule has 1 N–H and O–H groups in total. The first-order valence-corrected chi connectivity index (χ1v) is 9.27. The van der Waals surface area contributed by atoms with E-state index in [-0.39, 0.29) is 6.04 Å². The molecule has 4 heterocycles. The van der Waals surface area contributed by atoms with Crippen LogP contribution in [0.1, 0.15) is 22.9 Å². The van der Waals surface area contributed by atoms with Crippen molar-refractivity contribution in [1.29, 1.82) is 0 Å². The van der Waals surface area contributed by atoms with Gasteiger partial charge < -0.3 is 10.1 Å². The maximum Gasteiger partial charge on any atom is 0.165 e. The first-order chi connectivity index (χ1) is 13.2. The van der Waals surface area contributed by atoms with Gasteiger partial charge in [0.05, 0.1) is 24.6 Å². The number of hydrogen-bond donors (Lipinski definition) is 1. The van der Waals surface area contributed by atoms with E-state index in [4.69, 9.17) is 4.74 Å². The number of nitrogens with zero attached hydrogens (tertiary/aromatic N) is 5. The van der Waals surface area contributed by atoms with Crippen molar-refractivity contribution in [2.45, 2.75) is 19.9 Å². The minimum absolute atomic E-state index is 0.223. The Morgan fingerprint density at radius 1 is 1.15 bits per heavy atom. The number of fused-ring (bicyclic) bond motifs is 1. The summed E-state index contributed by atoms with van der Waals surface area (Å²) in [5, 5.41) is 4.53. The lowest BCUT2D eigenvalue weighted by Gasteiger charge is -2.35. The van der Waals surface area contributed by atoms with Crippen LogP contribution in [0.5, 0.6) is 0 Å². The molecule has 140 valence electrons. The van der Waals surface area contributed by atoms with Crippen molar-refractivity contribution >= 4 is 16.9 Å². The molecular weight excluding hydrogens is 340 g/mol. The molecule has 7 nitrogen and oxygen atoms in total. The van der Waals surface area contributed by atoms with E-state index in [9.17, 15) is 0 Å². The van der Waals surface area contributed by atoms with E-state index >= 15 is 0 Å². The van der Waals surface area contributed by atoms with E-state index in [0.717, 1.165) is 61.0 Å². The van der Waals surface area contributed by atoms with Gasteiger partial charge in [0.15, 0.2) is 5.65 Å². The summed E-state index contributed by atoms with van der Waals surface area (Å²) < 4.78 is 5.53. The van der Waals surface area contributed by atoms with E-state index in [1.54, 1.807) is 6.33 Å². The highest BCUT2D eigenvalue weighted by Crippen LogP contribution is 2.26. The third-order valence-electron chi connectivity index (χ3n) is 4.97. The Bertz CT molecular complexity index is 911. The molecule has 4 rings (SSSR count). The lowest BCUT2D eigenvalue weighted by Crippen LogP contribution is -2.41. The highest BCUT2D eigenvalue weighted by molar-refractivity contribution is 5.89. The smallest absolute Gasteiger partial charge is 0.165 e. The Labute approximate surface area is 158 Å². The molecule has 27 heavy (non-hydrogen) atoms. The highest BCUT2D eigenvalue weighted by Gasteiger charge is 2.23. The van der Waals surface area contributed by atoms with Gasteiger partial charge in [-0.1, -0.05) is 0 Å². The lowest BCUT2D eigenvalue weighted by molar-refractivity contribution is 0.0187. The van der Waals surface area contributed by atoms with Crippen molar-refractivity contribution in [3.63, 3.8) is 0 Å². The van der Waals surface area contributed by atoms with Crippen LogP contribution in [-0.2, 0) is 4.74 Å². The molecule has 3 aromatic rings. The van der Waals surface area contributed by atoms with E-state index in [0.29, 0.717) is 0 Å². The Hall–Kier alpha value is -2.64. The zero-order valence-electron chi connectivity index (χ0n) is 15.7. The Kier molecular flexibility index (Phi) is 5.22. The first kappa shape index (κ1) is 17.8. The van der Waals surface area contributed by atoms with Crippen molar-refractivity contribution in [2.24, 2.45) is 0 Å². The van der Waals surface area contributed by atoms with Crippen LogP contribution in [0.15, 0.2) is 36.9 Å². The van der Waals surface area contributed by atoms with Gasteiger partial charge in [0, 0.05) is 37.7 Å². The topological polar surface area (TPSA) is 76.1 Å². The molecule has 0 radical (unpaired) electrons. The molecule has 0 aromatic carbocycles. The van der Waals surface area contributed by atoms with Gasteiger partial charge >= 0.3 is 0 Å². The normalized spacial score (nSPS) is 16.4. The predicted octanol–water partition coefficient (Wildman–Crippen LogP) is 2.52.